The zero-order valence-electron chi connectivity index (χ0n) is 10.3. The third-order valence-electron chi connectivity index (χ3n) is 3.14. The molecular weight excluding hydrogens is 258 g/mol. The molecule has 5 nitrogen and oxygen atoms in total. The smallest absolute Gasteiger partial charge is 0.141 e. The molecular formula is C13H13N5S. The minimum absolute atomic E-state index is 0.349. The number of nitrogens with zero attached hydrogens (tertiary/aromatic N) is 3. The van der Waals surface area contributed by atoms with Gasteiger partial charge in [-0.2, -0.15) is 0 Å². The molecule has 0 aromatic carbocycles. The second-order valence-electron chi connectivity index (χ2n) is 4.46. The largest absolute Gasteiger partial charge is 0.389 e. The summed E-state index contributed by atoms with van der Waals surface area (Å²) in [5.74, 6) is 0.683. The van der Waals surface area contributed by atoms with Gasteiger partial charge in [-0.3, -0.25) is 0 Å². The number of hydrogen-bond acceptors (Lipinski definition) is 5. The van der Waals surface area contributed by atoms with Crippen LogP contribution in [0.25, 0.3) is 0 Å². The molecule has 2 aromatic rings. The summed E-state index contributed by atoms with van der Waals surface area (Å²) in [7, 11) is 0. The maximum atomic E-state index is 5.78. The normalized spacial score (nSPS) is 13.1. The van der Waals surface area contributed by atoms with Crippen LogP contribution in [0.15, 0.2) is 24.8 Å². The van der Waals surface area contributed by atoms with Gasteiger partial charge in [0.25, 0.3) is 0 Å². The molecule has 0 radical (unpaired) electrons. The van der Waals surface area contributed by atoms with Gasteiger partial charge in [0.05, 0.1) is 23.6 Å². The Labute approximate surface area is 116 Å². The lowest BCUT2D eigenvalue weighted by Gasteiger charge is -2.12. The average Bonchev–Trinajstić information content (AvgIpc) is 2.86. The van der Waals surface area contributed by atoms with Crippen molar-refractivity contribution < 1.29 is 0 Å². The summed E-state index contributed by atoms with van der Waals surface area (Å²) in [5.41, 5.74) is 9.70. The van der Waals surface area contributed by atoms with E-state index >= 15 is 0 Å². The summed E-state index contributed by atoms with van der Waals surface area (Å²) in [5, 5.41) is 3.18. The molecule has 0 amide bonds. The van der Waals surface area contributed by atoms with Gasteiger partial charge in [0.1, 0.15) is 17.1 Å². The van der Waals surface area contributed by atoms with Gasteiger partial charge >= 0.3 is 0 Å². The molecule has 0 unspecified atom stereocenters. The number of aromatic nitrogens is 3. The van der Waals surface area contributed by atoms with E-state index in [0.29, 0.717) is 10.8 Å². The van der Waals surface area contributed by atoms with Crippen molar-refractivity contribution in [1.82, 2.24) is 15.0 Å². The number of nitrogens with two attached hydrogens (primary N) is 1. The molecule has 0 bridgehead atoms. The second kappa shape index (κ2) is 4.89. The topological polar surface area (TPSA) is 76.7 Å². The van der Waals surface area contributed by atoms with E-state index in [1.165, 1.54) is 11.9 Å². The van der Waals surface area contributed by atoms with E-state index in [9.17, 15) is 0 Å². The number of fused-ring (bicyclic) bond motifs is 1. The fourth-order valence-electron chi connectivity index (χ4n) is 2.26. The summed E-state index contributed by atoms with van der Waals surface area (Å²) in [6.07, 6.45) is 8.04. The van der Waals surface area contributed by atoms with Crippen LogP contribution in [0, 0.1) is 0 Å². The van der Waals surface area contributed by atoms with Crippen LogP contribution in [0.4, 0.5) is 11.5 Å². The number of pyridine rings is 1. The first-order chi connectivity index (χ1) is 9.24. The lowest BCUT2D eigenvalue weighted by Crippen LogP contribution is -2.14. The van der Waals surface area contributed by atoms with Crippen molar-refractivity contribution in [3.05, 3.63) is 41.6 Å². The molecule has 0 aliphatic heterocycles. The minimum Gasteiger partial charge on any atom is -0.389 e. The Morgan fingerprint density at radius 3 is 2.79 bits per heavy atom. The highest BCUT2D eigenvalue weighted by molar-refractivity contribution is 7.80. The summed E-state index contributed by atoms with van der Waals surface area (Å²) < 4.78 is 0. The molecule has 3 rings (SSSR count). The molecule has 0 saturated heterocycles. The lowest BCUT2D eigenvalue weighted by atomic mass is 10.1. The van der Waals surface area contributed by atoms with E-state index in [4.69, 9.17) is 18.0 Å². The van der Waals surface area contributed by atoms with Gasteiger partial charge in [0.2, 0.25) is 0 Å². The summed E-state index contributed by atoms with van der Waals surface area (Å²) in [6, 6.07) is 2.05. The molecule has 2 aromatic heterocycles. The number of hydrogen-bond donors (Lipinski definition) is 2. The Kier molecular flexibility index (Phi) is 3.08. The van der Waals surface area contributed by atoms with Gasteiger partial charge in [-0.15, -0.1) is 0 Å². The zero-order valence-corrected chi connectivity index (χ0v) is 11.1. The standard InChI is InChI=1S/C13H13N5S/c14-12(19)10-4-8-2-1-3-11(8)18-13(10)17-9-5-15-7-16-6-9/h4-7H,1-3H2,(H2,14,19)(H,17,18). The highest BCUT2D eigenvalue weighted by Gasteiger charge is 2.17. The monoisotopic (exact) mass is 271 g/mol. The average molecular weight is 271 g/mol. The first-order valence-corrected chi connectivity index (χ1v) is 6.49. The van der Waals surface area contributed by atoms with Gasteiger partial charge in [-0.25, -0.2) is 15.0 Å². The van der Waals surface area contributed by atoms with Crippen LogP contribution in [0.3, 0.4) is 0 Å². The van der Waals surface area contributed by atoms with Crippen LogP contribution in [0.5, 0.6) is 0 Å². The fraction of sp³-hybridized carbons (Fsp3) is 0.231. The predicted molar refractivity (Wildman–Crippen MR) is 77.5 cm³/mol. The van der Waals surface area contributed by atoms with Crippen molar-refractivity contribution in [2.24, 2.45) is 5.73 Å². The van der Waals surface area contributed by atoms with Crippen LogP contribution < -0.4 is 11.1 Å². The third-order valence-corrected chi connectivity index (χ3v) is 3.36. The third kappa shape index (κ3) is 2.39. The fourth-order valence-corrected chi connectivity index (χ4v) is 2.41. The molecule has 0 saturated carbocycles. The molecule has 0 atom stereocenters. The predicted octanol–water partition coefficient (Wildman–Crippen LogP) is 1.74. The van der Waals surface area contributed by atoms with Crippen LogP contribution in [0.1, 0.15) is 23.2 Å². The van der Waals surface area contributed by atoms with Gasteiger partial charge in [0, 0.05) is 5.69 Å². The molecule has 3 N–H and O–H groups in total. The molecule has 96 valence electrons. The van der Waals surface area contributed by atoms with Crippen molar-refractivity contribution in [1.29, 1.82) is 0 Å². The summed E-state index contributed by atoms with van der Waals surface area (Å²) >= 11 is 5.10. The molecule has 6 heteroatoms. The quantitative estimate of drug-likeness (QED) is 0.828. The first-order valence-electron chi connectivity index (χ1n) is 6.08. The highest BCUT2D eigenvalue weighted by Crippen LogP contribution is 2.26. The molecule has 1 aliphatic carbocycles. The number of anilines is 2. The van der Waals surface area contributed by atoms with Crippen molar-refractivity contribution >= 4 is 28.7 Å². The van der Waals surface area contributed by atoms with E-state index in [1.54, 1.807) is 12.4 Å². The van der Waals surface area contributed by atoms with Crippen molar-refractivity contribution in [3.63, 3.8) is 0 Å². The molecule has 0 fully saturated rings. The summed E-state index contributed by atoms with van der Waals surface area (Å²) in [4.78, 5) is 12.9. The van der Waals surface area contributed by atoms with Crippen LogP contribution in [-0.4, -0.2) is 19.9 Å². The van der Waals surface area contributed by atoms with E-state index in [1.807, 2.05) is 6.07 Å². The Balaban J connectivity index is 2.02. The molecule has 1 aliphatic rings. The van der Waals surface area contributed by atoms with Crippen LogP contribution >= 0.6 is 12.2 Å². The van der Waals surface area contributed by atoms with Gasteiger partial charge in [-0.1, -0.05) is 12.2 Å². The molecule has 2 heterocycles. The van der Waals surface area contributed by atoms with E-state index in [0.717, 1.165) is 36.2 Å². The molecule has 19 heavy (non-hydrogen) atoms. The zero-order chi connectivity index (χ0) is 13.2. The maximum Gasteiger partial charge on any atom is 0.141 e. The number of thiocarbonyl (C=S) groups is 1. The van der Waals surface area contributed by atoms with E-state index < -0.39 is 0 Å². The van der Waals surface area contributed by atoms with Gasteiger partial charge in [0.15, 0.2) is 0 Å². The SMILES string of the molecule is NC(=S)c1cc2c(nc1Nc1cncnc1)CCC2. The van der Waals surface area contributed by atoms with Crippen molar-refractivity contribution in [3.8, 4) is 0 Å². The van der Waals surface area contributed by atoms with Gasteiger partial charge in [-0.05, 0) is 30.9 Å². The Morgan fingerprint density at radius 1 is 1.26 bits per heavy atom. The first kappa shape index (κ1) is 12.0. The maximum absolute atomic E-state index is 5.78. The Morgan fingerprint density at radius 2 is 2.05 bits per heavy atom. The number of nitrogens with one attached hydrogen (secondary N) is 1. The lowest BCUT2D eigenvalue weighted by molar-refractivity contribution is 0.900. The second-order valence-corrected chi connectivity index (χ2v) is 4.90. The number of rotatable bonds is 3. The van der Waals surface area contributed by atoms with Crippen molar-refractivity contribution in [2.75, 3.05) is 5.32 Å². The van der Waals surface area contributed by atoms with Crippen LogP contribution in [-0.2, 0) is 12.8 Å². The Bertz CT molecular complexity index is 626. The van der Waals surface area contributed by atoms with E-state index in [-0.39, 0.29) is 0 Å². The van der Waals surface area contributed by atoms with Crippen LogP contribution in [0.2, 0.25) is 0 Å². The number of aryl methyl sites for hydroxylation is 2. The van der Waals surface area contributed by atoms with Gasteiger partial charge < -0.3 is 11.1 Å². The van der Waals surface area contributed by atoms with E-state index in [2.05, 4.69) is 20.3 Å². The highest BCUT2D eigenvalue weighted by atomic mass is 32.1. The van der Waals surface area contributed by atoms with Crippen molar-refractivity contribution in [2.45, 2.75) is 19.3 Å². The molecule has 0 spiro atoms. The summed E-state index contributed by atoms with van der Waals surface area (Å²) in [6.45, 7) is 0. The Hall–Kier alpha value is -2.08. The minimum atomic E-state index is 0.349.